The van der Waals surface area contributed by atoms with Gasteiger partial charge in [0.2, 0.25) is 0 Å². The van der Waals surface area contributed by atoms with Gasteiger partial charge in [-0.05, 0) is 6.92 Å². The molecule has 170 valence electrons. The summed E-state index contributed by atoms with van der Waals surface area (Å²) in [4.78, 5) is 0. The Morgan fingerprint density at radius 1 is 0.321 bits per heavy atom. The standard InChI is InChI=1S/C19H40O9/c1-3-21-6-7-23-10-11-25-14-15-27-18-19-28-17-16-26-13-12-24-9-8-22-5-4-20-2/h3-19H2,1-2H3. The average molecular weight is 413 g/mol. The molecule has 0 rings (SSSR count). The molecular weight excluding hydrogens is 372 g/mol. The van der Waals surface area contributed by atoms with Gasteiger partial charge in [0.15, 0.2) is 0 Å². The lowest BCUT2D eigenvalue weighted by molar-refractivity contribution is -0.0240. The maximum atomic E-state index is 5.41. The van der Waals surface area contributed by atoms with Crippen molar-refractivity contribution in [3.05, 3.63) is 0 Å². The molecule has 9 heteroatoms. The summed E-state index contributed by atoms with van der Waals surface area (Å²) in [5.41, 5.74) is 0. The molecule has 0 aliphatic carbocycles. The molecule has 0 heterocycles. The Morgan fingerprint density at radius 2 is 0.536 bits per heavy atom. The molecule has 0 atom stereocenters. The molecule has 0 radical (unpaired) electrons. The molecule has 0 fully saturated rings. The number of ether oxygens (including phenoxy) is 9. The molecule has 0 saturated heterocycles. The first-order chi connectivity index (χ1) is 13.9. The molecule has 0 aliphatic heterocycles. The van der Waals surface area contributed by atoms with Crippen LogP contribution in [0.15, 0.2) is 0 Å². The van der Waals surface area contributed by atoms with Gasteiger partial charge in [-0.2, -0.15) is 0 Å². The lowest BCUT2D eigenvalue weighted by Gasteiger charge is -2.08. The van der Waals surface area contributed by atoms with Gasteiger partial charge in [0.1, 0.15) is 0 Å². The van der Waals surface area contributed by atoms with Gasteiger partial charge in [0.25, 0.3) is 0 Å². The fraction of sp³-hybridized carbons (Fsp3) is 1.00. The van der Waals surface area contributed by atoms with Crippen LogP contribution >= 0.6 is 0 Å². The largest absolute Gasteiger partial charge is 0.382 e. The van der Waals surface area contributed by atoms with Crippen molar-refractivity contribution < 1.29 is 42.6 Å². The van der Waals surface area contributed by atoms with Crippen molar-refractivity contribution >= 4 is 0 Å². The Kier molecular flexibility index (Phi) is 26.3. The monoisotopic (exact) mass is 412 g/mol. The van der Waals surface area contributed by atoms with E-state index in [4.69, 9.17) is 42.6 Å². The summed E-state index contributed by atoms with van der Waals surface area (Å²) in [6.07, 6.45) is 0. The molecule has 0 amide bonds. The summed E-state index contributed by atoms with van der Waals surface area (Å²) in [5, 5.41) is 0. The van der Waals surface area contributed by atoms with Crippen LogP contribution in [0.1, 0.15) is 6.92 Å². The molecule has 0 aromatic heterocycles. The van der Waals surface area contributed by atoms with E-state index in [1.807, 2.05) is 6.92 Å². The third-order valence-corrected chi connectivity index (χ3v) is 3.24. The maximum Gasteiger partial charge on any atom is 0.0701 e. The number of methoxy groups -OCH3 is 1. The van der Waals surface area contributed by atoms with Crippen LogP contribution in [-0.4, -0.2) is 119 Å². The van der Waals surface area contributed by atoms with Gasteiger partial charge in [0, 0.05) is 13.7 Å². The summed E-state index contributed by atoms with van der Waals surface area (Å²) in [6, 6.07) is 0. The zero-order chi connectivity index (χ0) is 20.4. The van der Waals surface area contributed by atoms with Gasteiger partial charge in [-0.1, -0.05) is 0 Å². The van der Waals surface area contributed by atoms with E-state index < -0.39 is 0 Å². The first kappa shape index (κ1) is 27.6. The van der Waals surface area contributed by atoms with Crippen molar-refractivity contribution in [2.45, 2.75) is 6.92 Å². The Hall–Kier alpha value is -0.360. The van der Waals surface area contributed by atoms with Gasteiger partial charge in [0.05, 0.1) is 106 Å². The summed E-state index contributed by atoms with van der Waals surface area (Å²) < 4.78 is 47.6. The molecule has 0 spiro atoms. The minimum Gasteiger partial charge on any atom is -0.382 e. The fourth-order valence-corrected chi connectivity index (χ4v) is 1.83. The van der Waals surface area contributed by atoms with Crippen molar-refractivity contribution in [3.8, 4) is 0 Å². The molecule has 28 heavy (non-hydrogen) atoms. The van der Waals surface area contributed by atoms with Crippen molar-refractivity contribution in [2.75, 3.05) is 119 Å². The first-order valence-electron chi connectivity index (χ1n) is 10.0. The molecule has 0 aromatic carbocycles. The van der Waals surface area contributed by atoms with E-state index in [1.165, 1.54) is 0 Å². The van der Waals surface area contributed by atoms with Crippen molar-refractivity contribution in [2.24, 2.45) is 0 Å². The highest BCUT2D eigenvalue weighted by molar-refractivity contribution is 4.37. The zero-order valence-corrected chi connectivity index (χ0v) is 17.7. The topological polar surface area (TPSA) is 83.1 Å². The quantitative estimate of drug-likeness (QED) is 0.202. The van der Waals surface area contributed by atoms with E-state index in [0.717, 1.165) is 6.61 Å². The second kappa shape index (κ2) is 26.6. The molecule has 0 aromatic rings. The summed E-state index contributed by atoms with van der Waals surface area (Å²) in [7, 11) is 1.65. The van der Waals surface area contributed by atoms with Crippen LogP contribution in [0.2, 0.25) is 0 Å². The lowest BCUT2D eigenvalue weighted by Crippen LogP contribution is -2.15. The van der Waals surface area contributed by atoms with E-state index in [-0.39, 0.29) is 0 Å². The number of hydrogen-bond donors (Lipinski definition) is 0. The highest BCUT2D eigenvalue weighted by Crippen LogP contribution is 1.85. The predicted molar refractivity (Wildman–Crippen MR) is 104 cm³/mol. The molecule has 0 bridgehead atoms. The normalized spacial score (nSPS) is 11.4. The molecule has 0 unspecified atom stereocenters. The second-order valence-corrected chi connectivity index (χ2v) is 5.48. The fourth-order valence-electron chi connectivity index (χ4n) is 1.83. The Bertz CT molecular complexity index is 244. The van der Waals surface area contributed by atoms with Crippen LogP contribution in [0.25, 0.3) is 0 Å². The zero-order valence-electron chi connectivity index (χ0n) is 17.7. The Morgan fingerprint density at radius 3 is 0.750 bits per heavy atom. The molecule has 9 nitrogen and oxygen atoms in total. The average Bonchev–Trinajstić information content (AvgIpc) is 2.71. The van der Waals surface area contributed by atoms with Crippen molar-refractivity contribution in [1.29, 1.82) is 0 Å². The SMILES string of the molecule is CCOCCOCCOCCOCCOCCOCCOCCOCCOC. The van der Waals surface area contributed by atoms with Gasteiger partial charge < -0.3 is 42.6 Å². The highest BCUT2D eigenvalue weighted by atomic mass is 16.6. The summed E-state index contributed by atoms with van der Waals surface area (Å²) >= 11 is 0. The van der Waals surface area contributed by atoms with Gasteiger partial charge >= 0.3 is 0 Å². The van der Waals surface area contributed by atoms with E-state index in [2.05, 4.69) is 0 Å². The molecule has 0 saturated carbocycles. The first-order valence-corrected chi connectivity index (χ1v) is 10.0. The van der Waals surface area contributed by atoms with E-state index in [0.29, 0.717) is 106 Å². The van der Waals surface area contributed by atoms with E-state index in [1.54, 1.807) is 7.11 Å². The lowest BCUT2D eigenvalue weighted by atomic mass is 10.6. The van der Waals surface area contributed by atoms with E-state index in [9.17, 15) is 0 Å². The second-order valence-electron chi connectivity index (χ2n) is 5.48. The minimum absolute atomic E-state index is 0.541. The summed E-state index contributed by atoms with van der Waals surface area (Å²) in [5.74, 6) is 0. The van der Waals surface area contributed by atoms with Crippen molar-refractivity contribution in [3.63, 3.8) is 0 Å². The van der Waals surface area contributed by atoms with Crippen LogP contribution in [0, 0.1) is 0 Å². The number of hydrogen-bond acceptors (Lipinski definition) is 9. The maximum absolute atomic E-state index is 5.41. The van der Waals surface area contributed by atoms with Crippen LogP contribution in [0.3, 0.4) is 0 Å². The highest BCUT2D eigenvalue weighted by Gasteiger charge is 1.94. The molecular formula is C19H40O9. The van der Waals surface area contributed by atoms with Gasteiger partial charge in [-0.3, -0.25) is 0 Å². The van der Waals surface area contributed by atoms with Gasteiger partial charge in [-0.15, -0.1) is 0 Å². The minimum atomic E-state index is 0.541. The van der Waals surface area contributed by atoms with Crippen LogP contribution in [0.5, 0.6) is 0 Å². The predicted octanol–water partition coefficient (Wildman–Crippen LogP) is 0.786. The van der Waals surface area contributed by atoms with Crippen LogP contribution in [-0.2, 0) is 42.6 Å². The summed E-state index contributed by atoms with van der Waals surface area (Å²) in [6.45, 7) is 11.7. The van der Waals surface area contributed by atoms with Crippen LogP contribution in [0.4, 0.5) is 0 Å². The van der Waals surface area contributed by atoms with Crippen molar-refractivity contribution in [1.82, 2.24) is 0 Å². The third-order valence-electron chi connectivity index (χ3n) is 3.24. The van der Waals surface area contributed by atoms with Crippen LogP contribution < -0.4 is 0 Å². The molecule has 0 N–H and O–H groups in total. The molecule has 0 aliphatic rings. The van der Waals surface area contributed by atoms with Gasteiger partial charge in [-0.25, -0.2) is 0 Å². The Labute approximate surface area is 169 Å². The third kappa shape index (κ3) is 25.6. The smallest absolute Gasteiger partial charge is 0.0701 e. The Balaban J connectivity index is 2.96. The number of rotatable bonds is 25. The van der Waals surface area contributed by atoms with E-state index >= 15 is 0 Å².